The number of aliphatic carboxylic acids is 1. The lowest BCUT2D eigenvalue weighted by molar-refractivity contribution is -0.162. The monoisotopic (exact) mass is 379 g/mol. The van der Waals surface area contributed by atoms with Gasteiger partial charge in [-0.3, -0.25) is 4.79 Å². The summed E-state index contributed by atoms with van der Waals surface area (Å²) in [7, 11) is 0. The number of amides is 1. The quantitative estimate of drug-likeness (QED) is 0.859. The van der Waals surface area contributed by atoms with Gasteiger partial charge in [0.25, 0.3) is 0 Å². The fraction of sp³-hybridized carbons (Fsp3) is 0.625. The van der Waals surface area contributed by atoms with Gasteiger partial charge in [0, 0.05) is 22.8 Å². The van der Waals surface area contributed by atoms with Gasteiger partial charge in [-0.25, -0.2) is 4.79 Å². The molecule has 1 aromatic heterocycles. The summed E-state index contributed by atoms with van der Waals surface area (Å²) in [6, 6.07) is 1.46. The van der Waals surface area contributed by atoms with Gasteiger partial charge in [-0.2, -0.15) is 13.2 Å². The van der Waals surface area contributed by atoms with Crippen LogP contribution in [-0.4, -0.2) is 47.9 Å². The van der Waals surface area contributed by atoms with E-state index in [1.165, 1.54) is 6.07 Å². The molecule has 0 fully saturated rings. The summed E-state index contributed by atoms with van der Waals surface area (Å²) in [5.41, 5.74) is 0.756. The van der Waals surface area contributed by atoms with Crippen molar-refractivity contribution in [3.05, 3.63) is 21.4 Å². The third-order valence-corrected chi connectivity index (χ3v) is 5.46. The molecule has 2 atom stereocenters. The van der Waals surface area contributed by atoms with Gasteiger partial charge in [0.1, 0.15) is 0 Å². The first-order valence-electron chi connectivity index (χ1n) is 7.96. The van der Waals surface area contributed by atoms with Crippen LogP contribution >= 0.6 is 11.3 Å². The minimum atomic E-state index is -4.61. The van der Waals surface area contributed by atoms with E-state index in [1.807, 2.05) is 6.92 Å². The van der Waals surface area contributed by atoms with Crippen molar-refractivity contribution >= 4 is 23.4 Å². The number of carboxylic acid groups (broad SMARTS) is 1. The van der Waals surface area contributed by atoms with Crippen molar-refractivity contribution in [2.75, 3.05) is 19.7 Å². The van der Waals surface area contributed by atoms with Crippen LogP contribution in [0.15, 0.2) is 6.07 Å². The lowest BCUT2D eigenvalue weighted by Crippen LogP contribution is -2.34. The number of rotatable bonds is 4. The van der Waals surface area contributed by atoms with Crippen LogP contribution in [0.25, 0.3) is 0 Å². The maximum atomic E-state index is 13.2. The third-order valence-electron chi connectivity index (χ3n) is 4.14. The normalized spacial score (nSPS) is 19.1. The van der Waals surface area contributed by atoms with Crippen LogP contribution in [0.4, 0.5) is 18.0 Å². The first-order chi connectivity index (χ1) is 11.6. The lowest BCUT2D eigenvalue weighted by atomic mass is 9.97. The van der Waals surface area contributed by atoms with Crippen LogP contribution in [-0.2, 0) is 16.0 Å². The van der Waals surface area contributed by atoms with Gasteiger partial charge in [-0.05, 0) is 30.9 Å². The molecule has 2 heterocycles. The maximum absolute atomic E-state index is 13.2. The highest BCUT2D eigenvalue weighted by molar-refractivity contribution is 7.12. The Morgan fingerprint density at radius 1 is 1.48 bits per heavy atom. The van der Waals surface area contributed by atoms with Crippen LogP contribution in [0.2, 0.25) is 0 Å². The van der Waals surface area contributed by atoms with E-state index in [1.54, 1.807) is 11.8 Å². The molecule has 0 bridgehead atoms. The van der Waals surface area contributed by atoms with Crippen LogP contribution in [0.5, 0.6) is 0 Å². The summed E-state index contributed by atoms with van der Waals surface area (Å²) < 4.78 is 44.7. The van der Waals surface area contributed by atoms with E-state index in [2.05, 4.69) is 0 Å². The van der Waals surface area contributed by atoms with Crippen LogP contribution in [0.3, 0.4) is 0 Å². The number of carboxylic acids is 1. The Hall–Kier alpha value is -1.77. The SMILES string of the molecule is CCOC(=O)N1CCc2sc(C(CC(=O)O)C(F)(F)F)cc2C(C)C1. The Balaban J connectivity index is 2.25. The number of thiophene rings is 1. The van der Waals surface area contributed by atoms with Gasteiger partial charge in [0.15, 0.2) is 0 Å². The number of ether oxygens (including phenoxy) is 1. The molecule has 1 aliphatic rings. The van der Waals surface area contributed by atoms with E-state index in [-0.39, 0.29) is 17.4 Å². The van der Waals surface area contributed by atoms with Crippen molar-refractivity contribution in [1.82, 2.24) is 4.90 Å². The second kappa shape index (κ2) is 7.63. The fourth-order valence-electron chi connectivity index (χ4n) is 2.94. The number of carbonyl (C=O) groups is 2. The smallest absolute Gasteiger partial charge is 0.409 e. The number of halogens is 3. The average Bonchev–Trinajstić information content (AvgIpc) is 2.85. The molecule has 1 aromatic rings. The van der Waals surface area contributed by atoms with Crippen LogP contribution in [0, 0.1) is 0 Å². The highest BCUT2D eigenvalue weighted by atomic mass is 32.1. The summed E-state index contributed by atoms with van der Waals surface area (Å²) >= 11 is 0.994. The molecule has 0 spiro atoms. The van der Waals surface area contributed by atoms with Crippen molar-refractivity contribution in [3.8, 4) is 0 Å². The Morgan fingerprint density at radius 2 is 2.16 bits per heavy atom. The van der Waals surface area contributed by atoms with Crippen LogP contribution in [0.1, 0.15) is 47.4 Å². The Morgan fingerprint density at radius 3 is 2.72 bits per heavy atom. The van der Waals surface area contributed by atoms with Crippen molar-refractivity contribution in [1.29, 1.82) is 0 Å². The molecule has 5 nitrogen and oxygen atoms in total. The molecule has 0 saturated heterocycles. The van der Waals surface area contributed by atoms with Gasteiger partial charge in [-0.1, -0.05) is 6.92 Å². The number of nitrogens with zero attached hydrogens (tertiary/aromatic N) is 1. The minimum Gasteiger partial charge on any atom is -0.481 e. The molecule has 9 heteroatoms. The molecule has 0 saturated carbocycles. The maximum Gasteiger partial charge on any atom is 0.409 e. The van der Waals surface area contributed by atoms with E-state index < -0.39 is 30.6 Å². The number of hydrogen-bond acceptors (Lipinski definition) is 4. The second-order valence-corrected chi connectivity index (χ2v) is 7.18. The zero-order valence-corrected chi connectivity index (χ0v) is 14.7. The minimum absolute atomic E-state index is 0.0244. The molecule has 2 rings (SSSR count). The zero-order chi connectivity index (χ0) is 18.8. The number of fused-ring (bicyclic) bond motifs is 1. The van der Waals surface area contributed by atoms with Gasteiger partial charge in [0.2, 0.25) is 0 Å². The topological polar surface area (TPSA) is 66.8 Å². The molecule has 0 aliphatic carbocycles. The number of alkyl halides is 3. The first-order valence-corrected chi connectivity index (χ1v) is 8.77. The molecular formula is C16H20F3NO4S. The fourth-order valence-corrected chi connectivity index (χ4v) is 4.34. The molecule has 1 amide bonds. The van der Waals surface area contributed by atoms with Crippen LogP contribution < -0.4 is 0 Å². The van der Waals surface area contributed by atoms with E-state index in [0.717, 1.165) is 21.8 Å². The van der Waals surface area contributed by atoms with Crippen molar-refractivity contribution in [2.24, 2.45) is 0 Å². The second-order valence-electron chi connectivity index (χ2n) is 6.02. The standard InChI is InChI=1S/C16H20F3NO4S/c1-3-24-15(23)20-5-4-12-10(9(2)8-20)6-13(25-12)11(7-14(21)22)16(17,18)19/h6,9,11H,3-5,7-8H2,1-2H3,(H,21,22). The summed E-state index contributed by atoms with van der Waals surface area (Å²) in [5, 5.41) is 8.80. The van der Waals surface area contributed by atoms with E-state index >= 15 is 0 Å². The molecule has 1 N–H and O–H groups in total. The predicted octanol–water partition coefficient (Wildman–Crippen LogP) is 3.99. The van der Waals surface area contributed by atoms with Crippen molar-refractivity contribution in [2.45, 2.75) is 44.7 Å². The predicted molar refractivity (Wildman–Crippen MR) is 86.1 cm³/mol. The van der Waals surface area contributed by atoms with Gasteiger partial charge >= 0.3 is 18.2 Å². The number of carbonyl (C=O) groups excluding carboxylic acids is 1. The molecule has 25 heavy (non-hydrogen) atoms. The third kappa shape index (κ3) is 4.65. The number of hydrogen-bond donors (Lipinski definition) is 1. The summed E-state index contributed by atoms with van der Waals surface area (Å²) in [5.74, 6) is -3.63. The van der Waals surface area contributed by atoms with Crippen molar-refractivity contribution in [3.63, 3.8) is 0 Å². The zero-order valence-electron chi connectivity index (χ0n) is 13.9. The largest absolute Gasteiger partial charge is 0.481 e. The highest BCUT2D eigenvalue weighted by Gasteiger charge is 2.43. The molecule has 0 aromatic carbocycles. The van der Waals surface area contributed by atoms with Crippen molar-refractivity contribution < 1.29 is 32.6 Å². The van der Waals surface area contributed by atoms with E-state index in [9.17, 15) is 22.8 Å². The molecule has 1 aliphatic heterocycles. The Kier molecular flexibility index (Phi) is 5.97. The molecule has 2 unspecified atom stereocenters. The Bertz CT molecular complexity index is 644. The molecular weight excluding hydrogens is 359 g/mol. The lowest BCUT2D eigenvalue weighted by Gasteiger charge is -2.22. The summed E-state index contributed by atoms with van der Waals surface area (Å²) in [6.07, 6.45) is -5.58. The van der Waals surface area contributed by atoms with Gasteiger partial charge < -0.3 is 14.7 Å². The summed E-state index contributed by atoms with van der Waals surface area (Å²) in [4.78, 5) is 25.1. The Labute approximate surface area is 147 Å². The van der Waals surface area contributed by atoms with Gasteiger partial charge in [0.05, 0.1) is 18.9 Å². The van der Waals surface area contributed by atoms with E-state index in [0.29, 0.717) is 19.5 Å². The van der Waals surface area contributed by atoms with Gasteiger partial charge in [-0.15, -0.1) is 11.3 Å². The average molecular weight is 379 g/mol. The summed E-state index contributed by atoms with van der Waals surface area (Å²) in [6.45, 7) is 4.54. The molecule has 140 valence electrons. The van der Waals surface area contributed by atoms with E-state index in [4.69, 9.17) is 9.84 Å². The molecule has 0 radical (unpaired) electrons. The first kappa shape index (κ1) is 19.6. The highest BCUT2D eigenvalue weighted by Crippen LogP contribution is 2.43.